The highest BCUT2D eigenvalue weighted by Crippen LogP contribution is 2.28. The summed E-state index contributed by atoms with van der Waals surface area (Å²) in [4.78, 5) is 35.8. The molecule has 32 heavy (non-hydrogen) atoms. The molecule has 3 N–H and O–H groups in total. The molecule has 0 spiro atoms. The van der Waals surface area contributed by atoms with Crippen LogP contribution in [0, 0.1) is 5.92 Å². The van der Waals surface area contributed by atoms with Gasteiger partial charge in [0.15, 0.2) is 0 Å². The van der Waals surface area contributed by atoms with Crippen molar-refractivity contribution >= 4 is 17.8 Å². The van der Waals surface area contributed by atoms with Gasteiger partial charge >= 0.3 is 6.03 Å². The van der Waals surface area contributed by atoms with E-state index in [0.717, 1.165) is 37.1 Å². The number of likely N-dealkylation sites (N-methyl/N-ethyl adjacent to an activating group) is 1. The average Bonchev–Trinajstić information content (AvgIpc) is 3.27. The van der Waals surface area contributed by atoms with Crippen molar-refractivity contribution in [2.75, 3.05) is 26.7 Å². The van der Waals surface area contributed by atoms with Crippen LogP contribution in [0.5, 0.6) is 0 Å². The zero-order valence-electron chi connectivity index (χ0n) is 21.7. The van der Waals surface area contributed by atoms with Gasteiger partial charge in [-0.3, -0.25) is 14.9 Å². The molecule has 2 fully saturated rings. The summed E-state index contributed by atoms with van der Waals surface area (Å²) in [6, 6.07) is -0.365. The lowest BCUT2D eigenvalue weighted by Gasteiger charge is -2.34. The first-order valence-electron chi connectivity index (χ1n) is 11.9. The third kappa shape index (κ3) is 8.61. The van der Waals surface area contributed by atoms with Crippen molar-refractivity contribution in [3.63, 3.8) is 0 Å². The third-order valence-electron chi connectivity index (χ3n) is 5.14. The summed E-state index contributed by atoms with van der Waals surface area (Å²) in [5.41, 5.74) is 1.09. The minimum absolute atomic E-state index is 0.0861. The van der Waals surface area contributed by atoms with Gasteiger partial charge in [0.05, 0.1) is 0 Å². The van der Waals surface area contributed by atoms with E-state index in [-0.39, 0.29) is 23.8 Å². The Kier molecular flexibility index (Phi) is 17.1. The van der Waals surface area contributed by atoms with Crippen LogP contribution in [-0.4, -0.2) is 55.0 Å². The summed E-state index contributed by atoms with van der Waals surface area (Å²) in [6.45, 7) is 21.9. The maximum Gasteiger partial charge on any atom is 0.322 e. The van der Waals surface area contributed by atoms with Gasteiger partial charge in [-0.25, -0.2) is 4.79 Å². The molecule has 0 aromatic carbocycles. The van der Waals surface area contributed by atoms with Gasteiger partial charge in [-0.2, -0.15) is 0 Å². The Hall–Kier alpha value is -2.41. The number of rotatable bonds is 3. The lowest BCUT2D eigenvalue weighted by molar-refractivity contribution is -0.125. The Morgan fingerprint density at radius 2 is 1.56 bits per heavy atom. The minimum atomic E-state index is -0.695. The molecule has 1 unspecified atom stereocenters. The Balaban J connectivity index is 0. The van der Waals surface area contributed by atoms with Crippen molar-refractivity contribution in [3.8, 4) is 0 Å². The summed E-state index contributed by atoms with van der Waals surface area (Å²) in [5.74, 6) is 0.146. The van der Waals surface area contributed by atoms with Crippen LogP contribution in [-0.2, 0) is 9.59 Å². The van der Waals surface area contributed by atoms with Crippen molar-refractivity contribution in [1.82, 2.24) is 20.9 Å². The van der Waals surface area contributed by atoms with Crippen LogP contribution in [0.25, 0.3) is 0 Å². The Morgan fingerprint density at radius 1 is 1.03 bits per heavy atom. The molecule has 3 rings (SSSR count). The van der Waals surface area contributed by atoms with Crippen molar-refractivity contribution < 1.29 is 14.4 Å². The zero-order valence-corrected chi connectivity index (χ0v) is 21.7. The van der Waals surface area contributed by atoms with Gasteiger partial charge in [0.1, 0.15) is 5.54 Å². The van der Waals surface area contributed by atoms with Crippen LogP contribution in [0.1, 0.15) is 68.2 Å². The summed E-state index contributed by atoms with van der Waals surface area (Å²) >= 11 is 0. The number of nitrogens with one attached hydrogen (secondary N) is 3. The van der Waals surface area contributed by atoms with Crippen LogP contribution in [0.4, 0.5) is 4.79 Å². The molecule has 4 amide bonds. The fraction of sp³-hybridized carbons (Fsp3) is 0.640. The van der Waals surface area contributed by atoms with E-state index in [1.165, 1.54) is 0 Å². The van der Waals surface area contributed by atoms with Gasteiger partial charge in [0, 0.05) is 19.2 Å². The van der Waals surface area contributed by atoms with E-state index in [1.54, 1.807) is 18.0 Å². The summed E-state index contributed by atoms with van der Waals surface area (Å²) in [7, 11) is 1.79. The maximum atomic E-state index is 11.6. The topological polar surface area (TPSA) is 90.5 Å². The predicted octanol–water partition coefficient (Wildman–Crippen LogP) is 4.18. The predicted molar refractivity (Wildman–Crippen MR) is 134 cm³/mol. The monoisotopic (exact) mass is 450 g/mol. The number of hydrogen-bond donors (Lipinski definition) is 3. The van der Waals surface area contributed by atoms with Crippen molar-refractivity contribution in [2.24, 2.45) is 5.92 Å². The first kappa shape index (κ1) is 31.8. The lowest BCUT2D eigenvalue weighted by Crippen LogP contribution is -2.53. The number of imide groups is 1. The fourth-order valence-corrected chi connectivity index (χ4v) is 3.52. The molecule has 3 aliphatic heterocycles. The molecule has 0 aromatic heterocycles. The van der Waals surface area contributed by atoms with Crippen molar-refractivity contribution in [3.05, 3.63) is 36.0 Å². The highest BCUT2D eigenvalue weighted by Gasteiger charge is 2.47. The number of amides is 4. The number of hydrogen-bond acceptors (Lipinski definition) is 4. The lowest BCUT2D eigenvalue weighted by atomic mass is 9.79. The second-order valence-corrected chi connectivity index (χ2v) is 6.94. The van der Waals surface area contributed by atoms with Gasteiger partial charge in [0.25, 0.3) is 11.8 Å². The average molecular weight is 451 g/mol. The fourth-order valence-electron chi connectivity index (χ4n) is 3.52. The molecule has 2 saturated heterocycles. The van der Waals surface area contributed by atoms with Gasteiger partial charge in [-0.15, -0.1) is 0 Å². The van der Waals surface area contributed by atoms with E-state index in [2.05, 4.69) is 22.5 Å². The normalized spacial score (nSPS) is 22.3. The number of nitrogens with zero attached hydrogens (tertiary/aromatic N) is 1. The first-order valence-corrected chi connectivity index (χ1v) is 11.9. The van der Waals surface area contributed by atoms with Gasteiger partial charge in [-0.1, -0.05) is 66.3 Å². The molecule has 0 aliphatic carbocycles. The smallest absolute Gasteiger partial charge is 0.322 e. The number of carbonyl (C=O) groups is 3. The molecule has 7 heteroatoms. The molecule has 1 atom stereocenters. The molecule has 7 nitrogen and oxygen atoms in total. The van der Waals surface area contributed by atoms with E-state index in [9.17, 15) is 14.4 Å². The Labute approximate surface area is 195 Å². The Morgan fingerprint density at radius 3 is 1.97 bits per heavy atom. The molecule has 3 heterocycles. The standard InChI is InChI=1S/C10H13NO.C9H15N3O2.3C2H6/c1-4-6-9-8(5-2)7-11(3)10(9)12;1-9(6-2-4-10-5-3-6)7(13)11-8(14)12-9;3*1-2/h4-6H,2,7H2,1,3H3;6,10H,2-5H2,1H3,(H2,11,12,13,14);3*1-2H3/b6-4-;;;;. The summed E-state index contributed by atoms with van der Waals surface area (Å²) in [5, 5.41) is 8.25. The zero-order chi connectivity index (χ0) is 25.3. The minimum Gasteiger partial charge on any atom is -0.337 e. The highest BCUT2D eigenvalue weighted by molar-refractivity contribution is 6.07. The molecular weight excluding hydrogens is 404 g/mol. The molecular formula is C25H46N4O3. The van der Waals surface area contributed by atoms with Gasteiger partial charge < -0.3 is 15.5 Å². The van der Waals surface area contributed by atoms with Crippen LogP contribution < -0.4 is 16.0 Å². The number of urea groups is 1. The third-order valence-corrected chi connectivity index (χ3v) is 5.14. The highest BCUT2D eigenvalue weighted by atomic mass is 16.2. The van der Waals surface area contributed by atoms with Crippen LogP contribution in [0.15, 0.2) is 36.0 Å². The van der Waals surface area contributed by atoms with Gasteiger partial charge in [-0.05, 0) is 51.3 Å². The molecule has 0 saturated carbocycles. The first-order chi connectivity index (χ1) is 15.3. The summed E-state index contributed by atoms with van der Waals surface area (Å²) < 4.78 is 0. The van der Waals surface area contributed by atoms with Crippen LogP contribution in [0.3, 0.4) is 0 Å². The number of carbonyl (C=O) groups excluding carboxylic acids is 3. The number of allylic oxidation sites excluding steroid dienone is 1. The molecule has 184 valence electrons. The Bertz CT molecular complexity index is 664. The molecule has 3 aliphatic rings. The van der Waals surface area contributed by atoms with E-state index in [4.69, 9.17) is 0 Å². The maximum absolute atomic E-state index is 11.6. The number of piperidine rings is 1. The SMILES string of the molecule is C=CC1=C(/C=C\C)C(=O)N(C)C1.CC.CC.CC.CC1(C2CCNCC2)NC(=O)NC1=O. The van der Waals surface area contributed by atoms with Crippen LogP contribution in [0.2, 0.25) is 0 Å². The van der Waals surface area contributed by atoms with Crippen molar-refractivity contribution in [1.29, 1.82) is 0 Å². The second-order valence-electron chi connectivity index (χ2n) is 6.94. The largest absolute Gasteiger partial charge is 0.337 e. The molecule has 0 radical (unpaired) electrons. The van der Waals surface area contributed by atoms with E-state index < -0.39 is 5.54 Å². The van der Waals surface area contributed by atoms with Gasteiger partial charge in [0.2, 0.25) is 0 Å². The molecule has 0 bridgehead atoms. The molecule has 0 aromatic rings. The quantitative estimate of drug-likeness (QED) is 0.563. The second kappa shape index (κ2) is 17.2. The van der Waals surface area contributed by atoms with E-state index in [1.807, 2.05) is 67.5 Å². The summed E-state index contributed by atoms with van der Waals surface area (Å²) in [6.07, 6.45) is 7.32. The van der Waals surface area contributed by atoms with E-state index in [0.29, 0.717) is 6.54 Å². The van der Waals surface area contributed by atoms with Crippen molar-refractivity contribution in [2.45, 2.75) is 73.8 Å². The van der Waals surface area contributed by atoms with Crippen LogP contribution >= 0.6 is 0 Å². The van der Waals surface area contributed by atoms with E-state index >= 15 is 0 Å².